The number of carbonyl (C=O) groups is 1. The van der Waals surface area contributed by atoms with E-state index in [1.165, 1.54) is 6.42 Å². The molecule has 6 nitrogen and oxygen atoms in total. The third-order valence-electron chi connectivity index (χ3n) is 6.25. The van der Waals surface area contributed by atoms with Gasteiger partial charge in [0.25, 0.3) is 5.91 Å². The Morgan fingerprint density at radius 2 is 1.96 bits per heavy atom. The van der Waals surface area contributed by atoms with Crippen LogP contribution in [0.4, 0.5) is 19.1 Å². The molecule has 0 spiro atoms. The molecule has 1 saturated heterocycles. The lowest BCUT2D eigenvalue weighted by Crippen LogP contribution is -2.34. The Morgan fingerprint density at radius 1 is 1.18 bits per heavy atom. The molecule has 0 unspecified atom stereocenters. The molecule has 2 aliphatic carbocycles. The van der Waals surface area contributed by atoms with Crippen molar-refractivity contribution in [2.24, 2.45) is 17.8 Å². The predicted molar refractivity (Wildman–Crippen MR) is 95.8 cm³/mol. The van der Waals surface area contributed by atoms with Gasteiger partial charge in [-0.25, -0.2) is 9.97 Å². The summed E-state index contributed by atoms with van der Waals surface area (Å²) in [5, 5.41) is 5.67. The lowest BCUT2D eigenvalue weighted by Gasteiger charge is -2.24. The standard InChI is InChI=1S/C19H25F3N4O2/c20-19(21,22)16-14(17(27)23-9-11-3-5-28-6-4-11)10-24-18(26-16)25-15-8-12-1-2-13(15)7-12/h10-13,15H,1-9H2,(H,23,27)(H,24,25,26)/t12-,13-,15-/m1/s1. The van der Waals surface area contributed by atoms with Crippen LogP contribution in [0.25, 0.3) is 0 Å². The lowest BCUT2D eigenvalue weighted by atomic mass is 9.95. The number of fused-ring (bicyclic) bond motifs is 2. The molecule has 154 valence electrons. The van der Waals surface area contributed by atoms with Crippen molar-refractivity contribution < 1.29 is 22.7 Å². The molecule has 3 aliphatic rings. The lowest BCUT2D eigenvalue weighted by molar-refractivity contribution is -0.141. The van der Waals surface area contributed by atoms with E-state index in [4.69, 9.17) is 4.74 Å². The molecule has 0 radical (unpaired) electrons. The molecule has 9 heteroatoms. The smallest absolute Gasteiger partial charge is 0.381 e. The quantitative estimate of drug-likeness (QED) is 0.796. The fourth-order valence-corrected chi connectivity index (χ4v) is 4.70. The highest BCUT2D eigenvalue weighted by Crippen LogP contribution is 2.45. The van der Waals surface area contributed by atoms with Crippen LogP contribution in [-0.4, -0.2) is 41.7 Å². The number of hydrogen-bond donors (Lipinski definition) is 2. The predicted octanol–water partition coefficient (Wildman–Crippen LogP) is 3.25. The third kappa shape index (κ3) is 4.24. The molecule has 28 heavy (non-hydrogen) atoms. The van der Waals surface area contributed by atoms with Gasteiger partial charge >= 0.3 is 6.18 Å². The SMILES string of the molecule is O=C(NCC1CCOCC1)c1cnc(N[C@@H]2C[C@@H]3CC[C@@H]2C3)nc1C(F)(F)F. The Bertz CT molecular complexity index is 722. The van der Waals surface area contributed by atoms with E-state index < -0.39 is 23.3 Å². The highest BCUT2D eigenvalue weighted by molar-refractivity contribution is 5.95. The number of alkyl halides is 3. The summed E-state index contributed by atoms with van der Waals surface area (Å²) in [4.78, 5) is 20.1. The van der Waals surface area contributed by atoms with Crippen molar-refractivity contribution in [3.05, 3.63) is 17.5 Å². The number of carbonyl (C=O) groups excluding carboxylic acids is 1. The van der Waals surface area contributed by atoms with Crippen LogP contribution in [-0.2, 0) is 10.9 Å². The second-order valence-corrected chi connectivity index (χ2v) is 8.15. The van der Waals surface area contributed by atoms with Crippen molar-refractivity contribution in [1.29, 1.82) is 0 Å². The summed E-state index contributed by atoms with van der Waals surface area (Å²) in [5.74, 6) is 0.507. The number of halogens is 3. The molecular formula is C19H25F3N4O2. The number of ether oxygens (including phenoxy) is 1. The molecule has 1 amide bonds. The minimum absolute atomic E-state index is 0.0501. The van der Waals surface area contributed by atoms with Crippen molar-refractivity contribution in [2.45, 2.75) is 50.7 Å². The molecule has 1 aromatic heterocycles. The molecule has 2 saturated carbocycles. The summed E-state index contributed by atoms with van der Waals surface area (Å²) < 4.78 is 45.9. The van der Waals surface area contributed by atoms with E-state index in [-0.39, 0.29) is 17.9 Å². The normalized spacial score (nSPS) is 27.8. The number of nitrogens with zero attached hydrogens (tertiary/aromatic N) is 2. The van der Waals surface area contributed by atoms with Crippen LogP contribution in [0, 0.1) is 17.8 Å². The van der Waals surface area contributed by atoms with Crippen LogP contribution in [0.2, 0.25) is 0 Å². The maximum atomic E-state index is 13.5. The monoisotopic (exact) mass is 398 g/mol. The van der Waals surface area contributed by atoms with Gasteiger partial charge in [0.2, 0.25) is 5.95 Å². The van der Waals surface area contributed by atoms with Crippen LogP contribution < -0.4 is 10.6 Å². The van der Waals surface area contributed by atoms with Crippen LogP contribution in [0.3, 0.4) is 0 Å². The van der Waals surface area contributed by atoms with Gasteiger partial charge in [-0.15, -0.1) is 0 Å². The van der Waals surface area contributed by atoms with Gasteiger partial charge in [0.15, 0.2) is 5.69 Å². The van der Waals surface area contributed by atoms with Crippen molar-refractivity contribution >= 4 is 11.9 Å². The van der Waals surface area contributed by atoms with E-state index in [2.05, 4.69) is 20.6 Å². The minimum atomic E-state index is -4.72. The molecule has 2 heterocycles. The van der Waals surface area contributed by atoms with Gasteiger partial charge in [0, 0.05) is 32.0 Å². The van der Waals surface area contributed by atoms with Crippen LogP contribution in [0.1, 0.15) is 54.6 Å². The maximum absolute atomic E-state index is 13.5. The van der Waals surface area contributed by atoms with E-state index in [0.717, 1.165) is 38.3 Å². The van der Waals surface area contributed by atoms with Gasteiger partial charge < -0.3 is 15.4 Å². The van der Waals surface area contributed by atoms with Gasteiger partial charge in [-0.1, -0.05) is 6.42 Å². The summed E-state index contributed by atoms with van der Waals surface area (Å²) in [6.07, 6.45) is 2.21. The second-order valence-electron chi connectivity index (χ2n) is 8.15. The maximum Gasteiger partial charge on any atom is 0.434 e. The van der Waals surface area contributed by atoms with Crippen molar-refractivity contribution in [1.82, 2.24) is 15.3 Å². The van der Waals surface area contributed by atoms with Crippen molar-refractivity contribution in [3.8, 4) is 0 Å². The van der Waals surface area contributed by atoms with E-state index in [0.29, 0.717) is 31.6 Å². The first-order valence-corrected chi connectivity index (χ1v) is 9.97. The zero-order valence-corrected chi connectivity index (χ0v) is 15.6. The first-order chi connectivity index (χ1) is 13.4. The highest BCUT2D eigenvalue weighted by atomic mass is 19.4. The average Bonchev–Trinajstić information content (AvgIpc) is 3.29. The topological polar surface area (TPSA) is 76.1 Å². The molecule has 4 rings (SSSR count). The number of rotatable bonds is 5. The zero-order valence-electron chi connectivity index (χ0n) is 15.6. The molecule has 3 fully saturated rings. The van der Waals surface area contributed by atoms with Crippen LogP contribution >= 0.6 is 0 Å². The number of hydrogen-bond acceptors (Lipinski definition) is 5. The summed E-state index contributed by atoms with van der Waals surface area (Å²) in [6, 6.07) is 0.119. The van der Waals surface area contributed by atoms with Gasteiger partial charge in [0.1, 0.15) is 0 Å². The van der Waals surface area contributed by atoms with E-state index in [1.807, 2.05) is 0 Å². The van der Waals surface area contributed by atoms with Gasteiger partial charge in [-0.05, 0) is 49.9 Å². The zero-order chi connectivity index (χ0) is 19.7. The Balaban J connectivity index is 1.46. The number of nitrogens with one attached hydrogen (secondary N) is 2. The Kier molecular flexibility index (Phi) is 5.44. The first-order valence-electron chi connectivity index (χ1n) is 9.97. The van der Waals surface area contributed by atoms with E-state index in [9.17, 15) is 18.0 Å². The highest BCUT2D eigenvalue weighted by Gasteiger charge is 2.41. The van der Waals surface area contributed by atoms with Gasteiger partial charge in [0.05, 0.1) is 5.56 Å². The van der Waals surface area contributed by atoms with E-state index >= 15 is 0 Å². The van der Waals surface area contributed by atoms with E-state index in [1.54, 1.807) is 0 Å². The molecule has 0 aromatic carbocycles. The minimum Gasteiger partial charge on any atom is -0.381 e. The Morgan fingerprint density at radius 3 is 2.61 bits per heavy atom. The molecule has 2 N–H and O–H groups in total. The fourth-order valence-electron chi connectivity index (χ4n) is 4.70. The number of anilines is 1. The molecule has 2 bridgehead atoms. The summed E-state index contributed by atoms with van der Waals surface area (Å²) in [7, 11) is 0. The second kappa shape index (κ2) is 7.85. The molecule has 1 aliphatic heterocycles. The first kappa shape index (κ1) is 19.4. The van der Waals surface area contributed by atoms with Crippen molar-refractivity contribution in [2.75, 3.05) is 25.1 Å². The molecular weight excluding hydrogens is 373 g/mol. The number of amides is 1. The van der Waals surface area contributed by atoms with Gasteiger partial charge in [-0.3, -0.25) is 4.79 Å². The average molecular weight is 398 g/mol. The van der Waals surface area contributed by atoms with Gasteiger partial charge in [-0.2, -0.15) is 13.2 Å². The van der Waals surface area contributed by atoms with Crippen molar-refractivity contribution in [3.63, 3.8) is 0 Å². The third-order valence-corrected chi connectivity index (χ3v) is 6.25. The summed E-state index contributed by atoms with van der Waals surface area (Å²) >= 11 is 0. The number of aromatic nitrogens is 2. The summed E-state index contributed by atoms with van der Waals surface area (Å²) in [6.45, 7) is 1.55. The summed E-state index contributed by atoms with van der Waals surface area (Å²) in [5.41, 5.74) is -1.71. The Hall–Kier alpha value is -1.90. The fraction of sp³-hybridized carbons (Fsp3) is 0.737. The molecule has 3 atom stereocenters. The Labute approximate surface area is 161 Å². The van der Waals surface area contributed by atoms with Crippen LogP contribution in [0.5, 0.6) is 0 Å². The van der Waals surface area contributed by atoms with Crippen LogP contribution in [0.15, 0.2) is 6.20 Å². The molecule has 1 aromatic rings. The largest absolute Gasteiger partial charge is 0.434 e.